The van der Waals surface area contributed by atoms with E-state index in [0.717, 1.165) is 57.8 Å². The molecule has 1 aliphatic rings. The Hall–Kier alpha value is -2.38. The van der Waals surface area contributed by atoms with Crippen molar-refractivity contribution in [1.82, 2.24) is 0 Å². The highest BCUT2D eigenvalue weighted by Crippen LogP contribution is 2.33. The Morgan fingerprint density at radius 1 is 0.645 bits per heavy atom. The molecule has 0 heterocycles. The fraction of sp³-hybridized carbons (Fsp3) is 0.739. The first kappa shape index (κ1) is 26.7. The average Bonchev–Trinajstić information content (AvgIpc) is 3.12. The zero-order valence-electron chi connectivity index (χ0n) is 18.1. The highest BCUT2D eigenvalue weighted by Gasteiger charge is 2.26. The van der Waals surface area contributed by atoms with Gasteiger partial charge in [0.15, 0.2) is 11.8 Å². The van der Waals surface area contributed by atoms with Crippen LogP contribution in [0.4, 0.5) is 0 Å². The SMILES string of the molecule is O=C(O)C(CCCCCCC1C=CCC1CCCCCCC(C(=O)O)C(=O)O)C(=O)O. The third-order valence-electron chi connectivity index (χ3n) is 6.22. The third kappa shape index (κ3) is 10.5. The molecule has 8 nitrogen and oxygen atoms in total. The van der Waals surface area contributed by atoms with Gasteiger partial charge in [-0.3, -0.25) is 19.2 Å². The molecule has 0 aromatic carbocycles. The van der Waals surface area contributed by atoms with E-state index in [2.05, 4.69) is 12.2 Å². The number of hydrogen-bond acceptors (Lipinski definition) is 4. The second kappa shape index (κ2) is 14.6. The highest BCUT2D eigenvalue weighted by atomic mass is 16.4. The summed E-state index contributed by atoms with van der Waals surface area (Å²) in [4.78, 5) is 43.5. The minimum atomic E-state index is -1.30. The molecule has 0 amide bonds. The first-order chi connectivity index (χ1) is 14.7. The summed E-state index contributed by atoms with van der Waals surface area (Å²) in [6.45, 7) is 0. The quantitative estimate of drug-likeness (QED) is 0.139. The van der Waals surface area contributed by atoms with Crippen molar-refractivity contribution in [2.24, 2.45) is 23.7 Å². The molecule has 8 heteroatoms. The minimum absolute atomic E-state index is 0.177. The lowest BCUT2D eigenvalue weighted by Gasteiger charge is -2.19. The Labute approximate surface area is 183 Å². The van der Waals surface area contributed by atoms with Crippen LogP contribution in [0.25, 0.3) is 0 Å². The zero-order valence-corrected chi connectivity index (χ0v) is 18.1. The van der Waals surface area contributed by atoms with E-state index in [1.54, 1.807) is 0 Å². The summed E-state index contributed by atoms with van der Waals surface area (Å²) in [6, 6.07) is 0. The van der Waals surface area contributed by atoms with Crippen molar-refractivity contribution < 1.29 is 39.6 Å². The van der Waals surface area contributed by atoms with Crippen molar-refractivity contribution in [2.75, 3.05) is 0 Å². The summed E-state index contributed by atoms with van der Waals surface area (Å²) in [5.41, 5.74) is 0. The molecule has 0 aliphatic heterocycles. The maximum absolute atomic E-state index is 10.9. The normalized spacial score (nSPS) is 18.0. The molecule has 0 aromatic rings. The minimum Gasteiger partial charge on any atom is -0.481 e. The molecule has 0 fully saturated rings. The largest absolute Gasteiger partial charge is 0.481 e. The first-order valence-electron chi connectivity index (χ1n) is 11.3. The van der Waals surface area contributed by atoms with Crippen LogP contribution in [0.5, 0.6) is 0 Å². The topological polar surface area (TPSA) is 149 Å². The molecule has 0 aromatic heterocycles. The second-order valence-corrected chi connectivity index (χ2v) is 8.53. The summed E-state index contributed by atoms with van der Waals surface area (Å²) >= 11 is 0. The van der Waals surface area contributed by atoms with Crippen LogP contribution < -0.4 is 0 Å². The molecule has 4 N–H and O–H groups in total. The standard InChI is InChI=1S/C23H36O8/c24-20(25)18(21(26)27)14-7-3-1-5-10-16-12-9-13-17(16)11-6-2-4-8-15-19(22(28)29)23(30)31/h9,12,16-19H,1-8,10-11,13-15H2,(H,24,25)(H,26,27)(H,28,29)(H,30,31). The number of carboxylic acids is 4. The molecule has 176 valence electrons. The summed E-state index contributed by atoms with van der Waals surface area (Å²) in [5.74, 6) is -6.51. The number of carboxylic acid groups (broad SMARTS) is 4. The van der Waals surface area contributed by atoms with Crippen molar-refractivity contribution >= 4 is 23.9 Å². The van der Waals surface area contributed by atoms with Crippen LogP contribution in [0.3, 0.4) is 0 Å². The van der Waals surface area contributed by atoms with E-state index in [9.17, 15) is 19.2 Å². The Kier molecular flexibility index (Phi) is 12.5. The van der Waals surface area contributed by atoms with Gasteiger partial charge in [-0.05, 0) is 43.9 Å². The van der Waals surface area contributed by atoms with Gasteiger partial charge in [-0.25, -0.2) is 0 Å². The van der Waals surface area contributed by atoms with Gasteiger partial charge in [0.1, 0.15) is 0 Å². The summed E-state index contributed by atoms with van der Waals surface area (Å²) < 4.78 is 0. The van der Waals surface area contributed by atoms with Crippen LogP contribution in [-0.2, 0) is 19.2 Å². The molecular weight excluding hydrogens is 404 g/mol. The smallest absolute Gasteiger partial charge is 0.317 e. The van der Waals surface area contributed by atoms with Gasteiger partial charge < -0.3 is 20.4 Å². The fourth-order valence-electron chi connectivity index (χ4n) is 4.32. The Balaban J connectivity index is 2.12. The van der Waals surface area contributed by atoms with Gasteiger partial charge in [0.25, 0.3) is 0 Å². The lowest BCUT2D eigenvalue weighted by molar-refractivity contribution is -0.156. The van der Waals surface area contributed by atoms with Crippen LogP contribution in [0.1, 0.15) is 83.5 Å². The number of carbonyl (C=O) groups is 4. The number of hydrogen-bond donors (Lipinski definition) is 4. The Bertz CT molecular complexity index is 599. The number of unbranched alkanes of at least 4 members (excludes halogenated alkanes) is 6. The fourth-order valence-corrected chi connectivity index (χ4v) is 4.32. The Morgan fingerprint density at radius 3 is 1.52 bits per heavy atom. The second-order valence-electron chi connectivity index (χ2n) is 8.53. The molecule has 0 saturated carbocycles. The molecule has 0 saturated heterocycles. The van der Waals surface area contributed by atoms with Gasteiger partial charge in [0.05, 0.1) is 0 Å². The van der Waals surface area contributed by atoms with Crippen LogP contribution >= 0.6 is 0 Å². The molecule has 0 radical (unpaired) electrons. The molecule has 1 aliphatic carbocycles. The van der Waals surface area contributed by atoms with Crippen LogP contribution in [0.2, 0.25) is 0 Å². The first-order valence-corrected chi connectivity index (χ1v) is 11.3. The number of allylic oxidation sites excluding steroid dienone is 2. The molecule has 2 atom stereocenters. The number of rotatable bonds is 18. The molecule has 0 bridgehead atoms. The average molecular weight is 441 g/mol. The molecular formula is C23H36O8. The van der Waals surface area contributed by atoms with E-state index < -0.39 is 35.7 Å². The van der Waals surface area contributed by atoms with Crippen molar-refractivity contribution in [1.29, 1.82) is 0 Å². The Morgan fingerprint density at radius 2 is 1.06 bits per heavy atom. The van der Waals surface area contributed by atoms with Gasteiger partial charge in [0, 0.05) is 0 Å². The van der Waals surface area contributed by atoms with Gasteiger partial charge >= 0.3 is 23.9 Å². The van der Waals surface area contributed by atoms with Gasteiger partial charge in [-0.1, -0.05) is 63.5 Å². The molecule has 1 rings (SSSR count). The van der Waals surface area contributed by atoms with Gasteiger partial charge in [-0.2, -0.15) is 0 Å². The van der Waals surface area contributed by atoms with Crippen molar-refractivity contribution in [2.45, 2.75) is 83.5 Å². The number of aliphatic carboxylic acids is 4. The van der Waals surface area contributed by atoms with Crippen molar-refractivity contribution in [3.05, 3.63) is 12.2 Å². The summed E-state index contributed by atoms with van der Waals surface area (Å²) in [5, 5.41) is 35.5. The highest BCUT2D eigenvalue weighted by molar-refractivity contribution is 5.93. The van der Waals surface area contributed by atoms with E-state index in [1.807, 2.05) is 0 Å². The molecule has 2 unspecified atom stereocenters. The van der Waals surface area contributed by atoms with Crippen LogP contribution in [0.15, 0.2) is 12.2 Å². The van der Waals surface area contributed by atoms with E-state index in [-0.39, 0.29) is 12.8 Å². The maximum atomic E-state index is 10.9. The van der Waals surface area contributed by atoms with E-state index in [4.69, 9.17) is 20.4 Å². The summed E-state index contributed by atoms with van der Waals surface area (Å²) in [6.07, 6.45) is 15.1. The maximum Gasteiger partial charge on any atom is 0.317 e. The zero-order chi connectivity index (χ0) is 23.2. The van der Waals surface area contributed by atoms with Crippen molar-refractivity contribution in [3.8, 4) is 0 Å². The third-order valence-corrected chi connectivity index (χ3v) is 6.22. The van der Waals surface area contributed by atoms with E-state index in [1.165, 1.54) is 0 Å². The van der Waals surface area contributed by atoms with E-state index >= 15 is 0 Å². The van der Waals surface area contributed by atoms with Crippen molar-refractivity contribution in [3.63, 3.8) is 0 Å². The van der Waals surface area contributed by atoms with E-state index in [0.29, 0.717) is 24.7 Å². The lowest BCUT2D eigenvalue weighted by atomic mass is 9.86. The van der Waals surface area contributed by atoms with Crippen LogP contribution in [0, 0.1) is 23.7 Å². The molecule has 0 spiro atoms. The monoisotopic (exact) mass is 440 g/mol. The van der Waals surface area contributed by atoms with Gasteiger partial charge in [0.2, 0.25) is 0 Å². The lowest BCUT2D eigenvalue weighted by Crippen LogP contribution is -2.23. The summed E-state index contributed by atoms with van der Waals surface area (Å²) in [7, 11) is 0. The van der Waals surface area contributed by atoms with Crippen LogP contribution in [-0.4, -0.2) is 44.3 Å². The van der Waals surface area contributed by atoms with Gasteiger partial charge in [-0.15, -0.1) is 0 Å². The predicted molar refractivity (Wildman–Crippen MR) is 114 cm³/mol. The molecule has 31 heavy (non-hydrogen) atoms. The predicted octanol–water partition coefficient (Wildman–Crippen LogP) is 4.43.